The molecule has 300 valence electrons. The molecule has 3 fully saturated rings. The maximum absolute atomic E-state index is 13.1. The Labute approximate surface area is 317 Å². The van der Waals surface area contributed by atoms with Crippen LogP contribution in [0.15, 0.2) is 0 Å². The monoisotopic (exact) mass is 719 g/mol. The summed E-state index contributed by atoms with van der Waals surface area (Å²) in [5.74, 6) is -1.12. The van der Waals surface area contributed by atoms with Gasteiger partial charge in [0.2, 0.25) is 0 Å². The second-order valence-electron chi connectivity index (χ2n) is 16.6. The van der Waals surface area contributed by atoms with E-state index in [2.05, 4.69) is 13.8 Å². The van der Waals surface area contributed by atoms with Crippen LogP contribution in [-0.2, 0) is 23.8 Å². The number of hydrogen-bond donors (Lipinski definition) is 0. The Balaban J connectivity index is 1.39. The first-order chi connectivity index (χ1) is 25.1. The number of hydrogen-bond acceptors (Lipinski definition) is 5. The standard InChI is InChI=1S/C46H86O5/c1-3-5-7-9-11-13-15-17-19-21-23-25-27-29-31-33-35-39-49-44(47)43-38-37-42-41-46(43,51-42)45(48)50-40-36-34-32-30-28-26-24-22-20-18-16-14-12-10-8-6-4-2/h42-43H,3-41H2,1-2H3. The molecule has 51 heavy (non-hydrogen) atoms. The Kier molecular flexibility index (Phi) is 29.2. The minimum absolute atomic E-state index is 0.0898. The minimum Gasteiger partial charge on any atom is -0.465 e. The zero-order valence-corrected chi connectivity index (χ0v) is 34.3. The first-order valence-electron chi connectivity index (χ1n) is 23.2. The second kappa shape index (κ2) is 32.3. The fourth-order valence-corrected chi connectivity index (χ4v) is 8.39. The third-order valence-corrected chi connectivity index (χ3v) is 11.9. The Morgan fingerprint density at radius 3 is 1.08 bits per heavy atom. The van der Waals surface area contributed by atoms with Crippen LogP contribution in [0, 0.1) is 5.92 Å². The van der Waals surface area contributed by atoms with Crippen molar-refractivity contribution in [3.05, 3.63) is 0 Å². The zero-order valence-electron chi connectivity index (χ0n) is 34.3. The van der Waals surface area contributed by atoms with Crippen molar-refractivity contribution >= 4 is 11.9 Å². The van der Waals surface area contributed by atoms with Gasteiger partial charge >= 0.3 is 11.9 Å². The van der Waals surface area contributed by atoms with E-state index in [4.69, 9.17) is 14.2 Å². The van der Waals surface area contributed by atoms with Crippen LogP contribution in [0.1, 0.15) is 251 Å². The lowest BCUT2D eigenvalue weighted by Gasteiger charge is -2.53. The molecule has 3 rings (SSSR count). The van der Waals surface area contributed by atoms with Crippen molar-refractivity contribution in [1.29, 1.82) is 0 Å². The van der Waals surface area contributed by atoms with Crippen molar-refractivity contribution in [1.82, 2.24) is 0 Å². The van der Waals surface area contributed by atoms with Crippen molar-refractivity contribution < 1.29 is 23.8 Å². The number of unbranched alkanes of at least 4 members (excludes halogenated alkanes) is 32. The van der Waals surface area contributed by atoms with E-state index in [-0.39, 0.29) is 18.0 Å². The van der Waals surface area contributed by atoms with E-state index >= 15 is 0 Å². The Bertz CT molecular complexity index is 805. The lowest BCUT2D eigenvalue weighted by molar-refractivity contribution is -0.268. The van der Waals surface area contributed by atoms with Crippen molar-refractivity contribution in [2.45, 2.75) is 263 Å². The molecule has 2 heterocycles. The molecule has 5 heteroatoms. The van der Waals surface area contributed by atoms with Gasteiger partial charge in [-0.2, -0.15) is 0 Å². The number of fused-ring (bicyclic) bond motifs is 2. The largest absolute Gasteiger partial charge is 0.465 e. The van der Waals surface area contributed by atoms with Gasteiger partial charge in [-0.15, -0.1) is 0 Å². The van der Waals surface area contributed by atoms with E-state index in [0.29, 0.717) is 26.1 Å². The molecule has 0 amide bonds. The summed E-state index contributed by atoms with van der Waals surface area (Å²) in [7, 11) is 0. The van der Waals surface area contributed by atoms with Crippen molar-refractivity contribution in [3.63, 3.8) is 0 Å². The molecule has 1 aliphatic carbocycles. The molecule has 3 unspecified atom stereocenters. The Morgan fingerprint density at radius 2 is 0.745 bits per heavy atom. The van der Waals surface area contributed by atoms with E-state index in [1.54, 1.807) is 0 Å². The van der Waals surface area contributed by atoms with E-state index in [9.17, 15) is 9.59 Å². The molecule has 2 bridgehead atoms. The summed E-state index contributed by atoms with van der Waals surface area (Å²) in [6.07, 6.45) is 47.4. The highest BCUT2D eigenvalue weighted by Gasteiger charge is 2.63. The van der Waals surface area contributed by atoms with Gasteiger partial charge in [-0.1, -0.05) is 219 Å². The molecule has 0 spiro atoms. The normalized spacial score (nSPS) is 19.6. The van der Waals surface area contributed by atoms with Gasteiger partial charge in [0.25, 0.3) is 0 Å². The highest BCUT2D eigenvalue weighted by molar-refractivity contribution is 5.89. The summed E-state index contributed by atoms with van der Waals surface area (Å²) in [5.41, 5.74) is -1.09. The van der Waals surface area contributed by atoms with Crippen LogP contribution >= 0.6 is 0 Å². The molecular formula is C46H86O5. The summed E-state index contributed by atoms with van der Waals surface area (Å²) in [5, 5.41) is 0. The molecule has 2 saturated heterocycles. The summed E-state index contributed by atoms with van der Waals surface area (Å²) < 4.78 is 17.4. The van der Waals surface area contributed by atoms with Gasteiger partial charge in [0.1, 0.15) is 0 Å². The number of carbonyl (C=O) groups excluding carboxylic acids is 2. The fraction of sp³-hybridized carbons (Fsp3) is 0.957. The van der Waals surface area contributed by atoms with Crippen LogP contribution in [0.2, 0.25) is 0 Å². The predicted molar refractivity (Wildman–Crippen MR) is 215 cm³/mol. The molecular weight excluding hydrogens is 633 g/mol. The average molecular weight is 719 g/mol. The topological polar surface area (TPSA) is 61.8 Å². The first kappa shape index (κ1) is 46.1. The van der Waals surface area contributed by atoms with Gasteiger partial charge in [-0.3, -0.25) is 4.79 Å². The van der Waals surface area contributed by atoms with Gasteiger partial charge in [0.05, 0.1) is 25.2 Å². The third kappa shape index (κ3) is 22.0. The van der Waals surface area contributed by atoms with Crippen LogP contribution in [-0.4, -0.2) is 36.9 Å². The summed E-state index contributed by atoms with van der Waals surface area (Å²) >= 11 is 0. The van der Waals surface area contributed by atoms with Crippen LogP contribution < -0.4 is 0 Å². The second-order valence-corrected chi connectivity index (χ2v) is 16.6. The van der Waals surface area contributed by atoms with Crippen LogP contribution in [0.5, 0.6) is 0 Å². The van der Waals surface area contributed by atoms with Crippen molar-refractivity contribution in [3.8, 4) is 0 Å². The molecule has 1 saturated carbocycles. The fourth-order valence-electron chi connectivity index (χ4n) is 8.39. The number of ether oxygens (including phenoxy) is 3. The molecule has 0 aromatic rings. The lowest BCUT2D eigenvalue weighted by Crippen LogP contribution is -2.66. The van der Waals surface area contributed by atoms with Crippen molar-refractivity contribution in [2.75, 3.05) is 13.2 Å². The van der Waals surface area contributed by atoms with Gasteiger partial charge in [0.15, 0.2) is 5.60 Å². The number of carbonyl (C=O) groups is 2. The van der Waals surface area contributed by atoms with Crippen LogP contribution in [0.25, 0.3) is 0 Å². The van der Waals surface area contributed by atoms with Gasteiger partial charge in [-0.05, 0) is 25.7 Å². The number of esters is 2. The molecule has 0 aromatic carbocycles. The summed E-state index contributed by atoms with van der Waals surface area (Å²) in [6.45, 7) is 5.44. The van der Waals surface area contributed by atoms with Gasteiger partial charge in [0, 0.05) is 6.42 Å². The van der Waals surface area contributed by atoms with E-state index in [0.717, 1.165) is 32.1 Å². The minimum atomic E-state index is -1.09. The Hall–Kier alpha value is -1.10. The quantitative estimate of drug-likeness (QED) is 0.0470. The van der Waals surface area contributed by atoms with Crippen LogP contribution in [0.4, 0.5) is 0 Å². The molecule has 5 nitrogen and oxygen atoms in total. The molecule has 2 aliphatic heterocycles. The molecule has 0 radical (unpaired) electrons. The molecule has 3 atom stereocenters. The third-order valence-electron chi connectivity index (χ3n) is 11.9. The molecule has 0 N–H and O–H groups in total. The maximum Gasteiger partial charge on any atom is 0.339 e. The highest BCUT2D eigenvalue weighted by atomic mass is 16.6. The summed E-state index contributed by atoms with van der Waals surface area (Å²) in [6, 6.07) is 0. The predicted octanol–water partition coefficient (Wildman–Crippen LogP) is 14.3. The number of rotatable bonds is 38. The summed E-state index contributed by atoms with van der Waals surface area (Å²) in [4.78, 5) is 26.2. The molecule has 0 aromatic heterocycles. The Morgan fingerprint density at radius 1 is 0.451 bits per heavy atom. The first-order valence-corrected chi connectivity index (χ1v) is 23.2. The van der Waals surface area contributed by atoms with Gasteiger partial charge in [-0.25, -0.2) is 4.79 Å². The molecule has 3 aliphatic rings. The van der Waals surface area contributed by atoms with E-state index in [1.165, 1.54) is 193 Å². The average Bonchev–Trinajstić information content (AvgIpc) is 3.13. The zero-order chi connectivity index (χ0) is 36.5. The maximum atomic E-state index is 13.1. The smallest absolute Gasteiger partial charge is 0.339 e. The van der Waals surface area contributed by atoms with E-state index in [1.807, 2.05) is 0 Å². The van der Waals surface area contributed by atoms with Crippen molar-refractivity contribution in [2.24, 2.45) is 5.92 Å². The lowest BCUT2D eigenvalue weighted by atomic mass is 9.69. The SMILES string of the molecule is CCCCCCCCCCCCCCCCCCCOC(=O)C1CCC2CC1(C(=O)OCCCCCCCCCCCCCCCCCCC)O2. The van der Waals surface area contributed by atoms with Crippen LogP contribution in [0.3, 0.4) is 0 Å². The van der Waals surface area contributed by atoms with Gasteiger partial charge < -0.3 is 14.2 Å². The van der Waals surface area contributed by atoms with E-state index < -0.39 is 11.5 Å². The highest BCUT2D eigenvalue weighted by Crippen LogP contribution is 2.49.